The van der Waals surface area contributed by atoms with Gasteiger partial charge in [0, 0.05) is 6.42 Å². The van der Waals surface area contributed by atoms with Crippen LogP contribution >= 0.6 is 0 Å². The van der Waals surface area contributed by atoms with Crippen molar-refractivity contribution in [3.05, 3.63) is 41.9 Å². The van der Waals surface area contributed by atoms with E-state index in [-0.39, 0.29) is 17.7 Å². The number of halogens is 1. The van der Waals surface area contributed by atoms with Crippen molar-refractivity contribution in [3.8, 4) is 0 Å². The van der Waals surface area contributed by atoms with E-state index in [0.29, 0.717) is 30.2 Å². The molecule has 0 N–H and O–H groups in total. The van der Waals surface area contributed by atoms with Gasteiger partial charge in [0.25, 0.3) is 0 Å². The fourth-order valence-corrected chi connectivity index (χ4v) is 3.92. The molecule has 1 heterocycles. The van der Waals surface area contributed by atoms with Crippen molar-refractivity contribution in [2.75, 3.05) is 6.61 Å². The molecule has 1 aromatic rings. The van der Waals surface area contributed by atoms with E-state index in [2.05, 4.69) is 6.58 Å². The summed E-state index contributed by atoms with van der Waals surface area (Å²) in [5.41, 5.74) is 0.834. The quantitative estimate of drug-likeness (QED) is 0.575. The summed E-state index contributed by atoms with van der Waals surface area (Å²) in [6, 6.07) is 5.24. The van der Waals surface area contributed by atoms with Gasteiger partial charge in [-0.1, -0.05) is 18.7 Å². The van der Waals surface area contributed by atoms with Crippen LogP contribution in [0.15, 0.2) is 30.5 Å². The third-order valence-electron chi connectivity index (χ3n) is 5.67. The monoisotopic (exact) mass is 374 g/mol. The number of carbonyl (C=O) groups is 1. The van der Waals surface area contributed by atoms with E-state index in [4.69, 9.17) is 14.0 Å². The summed E-state index contributed by atoms with van der Waals surface area (Å²) < 4.78 is 31.3. The van der Waals surface area contributed by atoms with Crippen molar-refractivity contribution >= 4 is 18.6 Å². The Balaban J connectivity index is 1.61. The van der Waals surface area contributed by atoms with Crippen LogP contribution in [0.1, 0.15) is 64.4 Å². The second kappa shape index (κ2) is 8.05. The van der Waals surface area contributed by atoms with Crippen LogP contribution in [0, 0.1) is 11.7 Å². The molecule has 27 heavy (non-hydrogen) atoms. The van der Waals surface area contributed by atoms with Crippen LogP contribution < -0.4 is 5.46 Å². The van der Waals surface area contributed by atoms with Gasteiger partial charge >= 0.3 is 13.1 Å². The summed E-state index contributed by atoms with van der Waals surface area (Å²) in [6.45, 7) is 9.87. The Morgan fingerprint density at radius 2 is 2.04 bits per heavy atom. The molecule has 0 aromatic heterocycles. The number of rotatable bonds is 5. The molecule has 0 atom stereocenters. The van der Waals surface area contributed by atoms with Gasteiger partial charge in [-0.05, 0) is 75.4 Å². The zero-order valence-electron chi connectivity index (χ0n) is 16.4. The van der Waals surface area contributed by atoms with Gasteiger partial charge in [-0.25, -0.2) is 4.39 Å². The van der Waals surface area contributed by atoms with Gasteiger partial charge in [-0.3, -0.25) is 4.79 Å². The zero-order valence-corrected chi connectivity index (χ0v) is 16.4. The molecule has 1 aromatic carbocycles. The Morgan fingerprint density at radius 3 is 2.59 bits per heavy atom. The first kappa shape index (κ1) is 19.9. The van der Waals surface area contributed by atoms with Crippen LogP contribution in [-0.4, -0.2) is 25.3 Å². The third-order valence-corrected chi connectivity index (χ3v) is 5.67. The Labute approximate surface area is 161 Å². The normalized spacial score (nSPS) is 24.6. The van der Waals surface area contributed by atoms with E-state index in [1.54, 1.807) is 0 Å². The van der Waals surface area contributed by atoms with Crippen LogP contribution in [0.5, 0.6) is 0 Å². The van der Waals surface area contributed by atoms with Crippen molar-refractivity contribution in [2.45, 2.75) is 64.4 Å². The highest BCUT2D eigenvalue weighted by Crippen LogP contribution is 2.38. The zero-order chi connectivity index (χ0) is 19.6. The highest BCUT2D eigenvalue weighted by atomic mass is 19.1. The first-order valence-electron chi connectivity index (χ1n) is 9.79. The molecule has 1 saturated heterocycles. The molecule has 0 amide bonds. The number of hydrogen-bond donors (Lipinski definition) is 0. The average Bonchev–Trinajstić information content (AvgIpc) is 2.89. The summed E-state index contributed by atoms with van der Waals surface area (Å²) in [6.07, 6.45) is 4.10. The molecule has 2 aliphatic rings. The fraction of sp³-hybridized carbons (Fsp3) is 0.571. The maximum atomic E-state index is 14.8. The van der Waals surface area contributed by atoms with Crippen LogP contribution in [0.3, 0.4) is 0 Å². The first-order valence-corrected chi connectivity index (χ1v) is 9.79. The fourth-order valence-electron chi connectivity index (χ4n) is 3.92. The highest BCUT2D eigenvalue weighted by Gasteiger charge is 2.43. The van der Waals surface area contributed by atoms with Gasteiger partial charge in [0.05, 0.1) is 12.4 Å². The summed E-state index contributed by atoms with van der Waals surface area (Å²) in [5, 5.41) is 0. The maximum Gasteiger partial charge on any atom is 0.563 e. The molecule has 3 rings (SSSR count). The molecular weight excluding hydrogens is 346 g/mol. The lowest BCUT2D eigenvalue weighted by Crippen LogP contribution is -2.35. The molecule has 0 unspecified atom stereocenters. The van der Waals surface area contributed by atoms with E-state index in [1.165, 1.54) is 6.07 Å². The maximum absolute atomic E-state index is 14.8. The van der Waals surface area contributed by atoms with Gasteiger partial charge < -0.3 is 14.0 Å². The van der Waals surface area contributed by atoms with Crippen molar-refractivity contribution in [2.24, 2.45) is 5.92 Å². The largest absolute Gasteiger partial charge is 0.563 e. The Morgan fingerprint density at radius 1 is 1.33 bits per heavy atom. The summed E-state index contributed by atoms with van der Waals surface area (Å²) in [7, 11) is -0.614. The summed E-state index contributed by atoms with van der Waals surface area (Å²) in [5.74, 6) is 0.740. The average molecular weight is 374 g/mol. The van der Waals surface area contributed by atoms with E-state index in [9.17, 15) is 9.18 Å². The lowest BCUT2D eigenvalue weighted by Gasteiger charge is -2.28. The minimum absolute atomic E-state index is 0.127. The van der Waals surface area contributed by atoms with Gasteiger partial charge in [0.2, 0.25) is 0 Å². The predicted molar refractivity (Wildman–Crippen MR) is 103 cm³/mol. The minimum atomic E-state index is -0.614. The number of benzene rings is 1. The van der Waals surface area contributed by atoms with Crippen molar-refractivity contribution in [1.82, 2.24) is 0 Å². The molecule has 1 saturated carbocycles. The van der Waals surface area contributed by atoms with Crippen LogP contribution in [0.2, 0.25) is 0 Å². The molecule has 0 bridgehead atoms. The van der Waals surface area contributed by atoms with Gasteiger partial charge in [-0.15, -0.1) is 0 Å². The SMILES string of the molecule is C=C1OB(c2ccc(C3CCC(CC(=O)OCC)CC3)c(F)c2)OC1(C)C. The Kier molecular flexibility index (Phi) is 5.94. The highest BCUT2D eigenvalue weighted by molar-refractivity contribution is 6.62. The third kappa shape index (κ3) is 4.54. The molecule has 4 nitrogen and oxygen atoms in total. The number of esters is 1. The predicted octanol–water partition coefficient (Wildman–Crippen LogP) is 4.09. The first-order chi connectivity index (χ1) is 12.8. The minimum Gasteiger partial charge on any atom is -0.534 e. The molecular formula is C21H28BFO4. The van der Waals surface area contributed by atoms with Gasteiger partial charge in [0.1, 0.15) is 11.4 Å². The smallest absolute Gasteiger partial charge is 0.534 e. The Bertz CT molecular complexity index is 710. The number of ether oxygens (including phenoxy) is 1. The second-order valence-electron chi connectivity index (χ2n) is 8.01. The summed E-state index contributed by atoms with van der Waals surface area (Å²) in [4.78, 5) is 11.6. The number of hydrogen-bond acceptors (Lipinski definition) is 4. The van der Waals surface area contributed by atoms with E-state index in [1.807, 2.05) is 32.9 Å². The van der Waals surface area contributed by atoms with Gasteiger partial charge in [-0.2, -0.15) is 0 Å². The lowest BCUT2D eigenvalue weighted by atomic mass is 9.75. The molecule has 6 heteroatoms. The topological polar surface area (TPSA) is 44.8 Å². The Hall–Kier alpha value is -1.82. The summed E-state index contributed by atoms with van der Waals surface area (Å²) >= 11 is 0. The number of carbonyl (C=O) groups excluding carboxylic acids is 1. The molecule has 2 fully saturated rings. The second-order valence-corrected chi connectivity index (χ2v) is 8.01. The molecule has 1 aliphatic heterocycles. The standard InChI is InChI=1S/C21H28BFO4/c1-5-25-20(24)12-15-6-8-16(9-7-15)18-11-10-17(13-19(18)23)22-26-14(2)21(3,4)27-22/h10-11,13,15-16H,2,5-9,12H2,1,3-4H3. The van der Waals surface area contributed by atoms with Crippen LogP contribution in [-0.2, 0) is 18.8 Å². The molecule has 146 valence electrons. The van der Waals surface area contributed by atoms with Crippen LogP contribution in [0.25, 0.3) is 0 Å². The van der Waals surface area contributed by atoms with E-state index >= 15 is 0 Å². The van der Waals surface area contributed by atoms with Gasteiger partial charge in [0.15, 0.2) is 0 Å². The molecule has 0 spiro atoms. The van der Waals surface area contributed by atoms with Crippen molar-refractivity contribution in [3.63, 3.8) is 0 Å². The van der Waals surface area contributed by atoms with Crippen molar-refractivity contribution in [1.29, 1.82) is 0 Å². The van der Waals surface area contributed by atoms with Crippen molar-refractivity contribution < 1.29 is 23.2 Å². The lowest BCUT2D eigenvalue weighted by molar-refractivity contribution is -0.144. The van der Waals surface area contributed by atoms with E-state index < -0.39 is 12.7 Å². The van der Waals surface area contributed by atoms with E-state index in [0.717, 1.165) is 31.2 Å². The molecule has 0 radical (unpaired) electrons. The molecule has 1 aliphatic carbocycles. The van der Waals surface area contributed by atoms with Crippen LogP contribution in [0.4, 0.5) is 4.39 Å².